The van der Waals surface area contributed by atoms with E-state index in [1.54, 1.807) is 6.92 Å². The van der Waals surface area contributed by atoms with Crippen molar-refractivity contribution in [2.75, 3.05) is 26.2 Å². The van der Waals surface area contributed by atoms with Crippen LogP contribution in [0.5, 0.6) is 0 Å². The standard InChI is InChI=1S/C11H18ClN3O/c1-9(16)14-7-10-2-4-15(5-3-10)8-11(12)6-13/h10-11H,2-5,7-8H2,1H3,(H,14,16). The van der Waals surface area contributed by atoms with E-state index in [2.05, 4.69) is 10.2 Å². The zero-order valence-corrected chi connectivity index (χ0v) is 10.3. The Kier molecular flexibility index (Phi) is 5.58. The van der Waals surface area contributed by atoms with Crippen LogP contribution in [0.4, 0.5) is 0 Å². The molecule has 1 atom stereocenters. The summed E-state index contributed by atoms with van der Waals surface area (Å²) in [5.74, 6) is 0.601. The molecule has 1 saturated heterocycles. The van der Waals surface area contributed by atoms with Gasteiger partial charge >= 0.3 is 0 Å². The topological polar surface area (TPSA) is 56.1 Å². The van der Waals surface area contributed by atoms with E-state index in [4.69, 9.17) is 16.9 Å². The average molecular weight is 244 g/mol. The molecule has 1 rings (SSSR count). The molecule has 5 heteroatoms. The first-order chi connectivity index (χ1) is 7.61. The normalized spacial score (nSPS) is 20.1. The molecule has 1 amide bonds. The minimum absolute atomic E-state index is 0.0349. The molecule has 1 fully saturated rings. The van der Waals surface area contributed by atoms with E-state index in [-0.39, 0.29) is 5.91 Å². The summed E-state index contributed by atoms with van der Waals surface area (Å²) in [6.07, 6.45) is 2.13. The minimum Gasteiger partial charge on any atom is -0.356 e. The lowest BCUT2D eigenvalue weighted by atomic mass is 9.96. The predicted molar refractivity (Wildman–Crippen MR) is 63.1 cm³/mol. The number of likely N-dealkylation sites (tertiary alicyclic amines) is 1. The summed E-state index contributed by atoms with van der Waals surface area (Å²) in [6.45, 7) is 4.89. The summed E-state index contributed by atoms with van der Waals surface area (Å²) < 4.78 is 0. The van der Waals surface area contributed by atoms with Gasteiger partial charge in [-0.05, 0) is 31.8 Å². The van der Waals surface area contributed by atoms with E-state index in [9.17, 15) is 4.79 Å². The van der Waals surface area contributed by atoms with Crippen LogP contribution in [0.15, 0.2) is 0 Å². The predicted octanol–water partition coefficient (Wildman–Crippen LogP) is 0.965. The van der Waals surface area contributed by atoms with Crippen molar-refractivity contribution in [1.82, 2.24) is 10.2 Å². The van der Waals surface area contributed by atoms with Crippen LogP contribution in [-0.4, -0.2) is 42.4 Å². The quantitative estimate of drug-likeness (QED) is 0.749. The minimum atomic E-state index is -0.410. The van der Waals surface area contributed by atoms with Crippen LogP contribution in [-0.2, 0) is 4.79 Å². The molecule has 0 aromatic rings. The van der Waals surface area contributed by atoms with Crippen LogP contribution < -0.4 is 5.32 Å². The van der Waals surface area contributed by atoms with Crippen LogP contribution in [0.3, 0.4) is 0 Å². The zero-order chi connectivity index (χ0) is 12.0. The number of nitrogens with one attached hydrogen (secondary N) is 1. The molecule has 0 aliphatic carbocycles. The number of nitrogens with zero attached hydrogens (tertiary/aromatic N) is 2. The average Bonchev–Trinajstić information content (AvgIpc) is 2.28. The number of hydrogen-bond donors (Lipinski definition) is 1. The Morgan fingerprint density at radius 1 is 1.62 bits per heavy atom. The first-order valence-corrected chi connectivity index (χ1v) is 6.06. The molecule has 0 spiro atoms. The lowest BCUT2D eigenvalue weighted by Gasteiger charge is -2.32. The molecule has 1 unspecified atom stereocenters. The SMILES string of the molecule is CC(=O)NCC1CCN(CC(Cl)C#N)CC1. The van der Waals surface area contributed by atoms with Crippen molar-refractivity contribution in [3.63, 3.8) is 0 Å². The van der Waals surface area contributed by atoms with Crippen LogP contribution in [0.25, 0.3) is 0 Å². The summed E-state index contributed by atoms with van der Waals surface area (Å²) in [6, 6.07) is 2.03. The Hall–Kier alpha value is -0.790. The molecule has 1 N–H and O–H groups in total. The molecular formula is C11H18ClN3O. The molecule has 4 nitrogen and oxygen atoms in total. The highest BCUT2D eigenvalue weighted by atomic mass is 35.5. The Labute approximate surface area is 102 Å². The van der Waals surface area contributed by atoms with E-state index < -0.39 is 5.38 Å². The Balaban J connectivity index is 2.18. The molecule has 1 heterocycles. The van der Waals surface area contributed by atoms with E-state index >= 15 is 0 Å². The maximum atomic E-state index is 10.8. The van der Waals surface area contributed by atoms with Gasteiger partial charge in [-0.15, -0.1) is 11.6 Å². The lowest BCUT2D eigenvalue weighted by molar-refractivity contribution is -0.119. The molecule has 16 heavy (non-hydrogen) atoms. The van der Waals surface area contributed by atoms with Gasteiger partial charge in [0.1, 0.15) is 5.38 Å². The second kappa shape index (κ2) is 6.72. The van der Waals surface area contributed by atoms with Gasteiger partial charge in [-0.2, -0.15) is 5.26 Å². The van der Waals surface area contributed by atoms with E-state index in [1.165, 1.54) is 0 Å². The van der Waals surface area contributed by atoms with Crippen molar-refractivity contribution in [1.29, 1.82) is 5.26 Å². The number of halogens is 1. The number of nitriles is 1. The molecule has 0 bridgehead atoms. The van der Waals surface area contributed by atoms with Gasteiger partial charge in [0.05, 0.1) is 6.07 Å². The molecule has 0 aromatic carbocycles. The van der Waals surface area contributed by atoms with Gasteiger partial charge in [-0.1, -0.05) is 0 Å². The number of amides is 1. The zero-order valence-electron chi connectivity index (χ0n) is 9.58. The number of carbonyl (C=O) groups excluding carboxylic acids is 1. The molecule has 0 aromatic heterocycles. The Bertz CT molecular complexity index is 269. The first-order valence-electron chi connectivity index (χ1n) is 5.62. The summed E-state index contributed by atoms with van der Waals surface area (Å²) >= 11 is 5.78. The molecule has 0 radical (unpaired) electrons. The summed E-state index contributed by atoms with van der Waals surface area (Å²) in [4.78, 5) is 13.0. The molecule has 0 saturated carbocycles. The van der Waals surface area contributed by atoms with Crippen LogP contribution in [0.1, 0.15) is 19.8 Å². The fraction of sp³-hybridized carbons (Fsp3) is 0.818. The fourth-order valence-corrected chi connectivity index (χ4v) is 2.12. The van der Waals surface area contributed by atoms with Crippen molar-refractivity contribution in [3.05, 3.63) is 0 Å². The first kappa shape index (κ1) is 13.3. The van der Waals surface area contributed by atoms with Crippen molar-refractivity contribution < 1.29 is 4.79 Å². The summed E-state index contributed by atoms with van der Waals surface area (Å²) in [7, 11) is 0. The van der Waals surface area contributed by atoms with E-state index in [0.29, 0.717) is 12.5 Å². The second-order valence-corrected chi connectivity index (χ2v) is 4.80. The third-order valence-electron chi connectivity index (χ3n) is 2.91. The van der Waals surface area contributed by atoms with Crippen molar-refractivity contribution in [2.45, 2.75) is 25.1 Å². The van der Waals surface area contributed by atoms with Gasteiger partial charge in [0.15, 0.2) is 0 Å². The fourth-order valence-electron chi connectivity index (χ4n) is 1.93. The maximum absolute atomic E-state index is 10.8. The maximum Gasteiger partial charge on any atom is 0.216 e. The van der Waals surface area contributed by atoms with Gasteiger partial charge in [-0.25, -0.2) is 0 Å². The number of hydrogen-bond acceptors (Lipinski definition) is 3. The van der Waals surface area contributed by atoms with Crippen molar-refractivity contribution >= 4 is 17.5 Å². The van der Waals surface area contributed by atoms with Gasteiger partial charge in [-0.3, -0.25) is 4.79 Å². The highest BCUT2D eigenvalue weighted by Crippen LogP contribution is 2.17. The lowest BCUT2D eigenvalue weighted by Crippen LogP contribution is -2.40. The second-order valence-electron chi connectivity index (χ2n) is 4.28. The van der Waals surface area contributed by atoms with Crippen LogP contribution in [0.2, 0.25) is 0 Å². The number of rotatable bonds is 4. The number of alkyl halides is 1. The third-order valence-corrected chi connectivity index (χ3v) is 3.14. The molecule has 1 aliphatic rings. The highest BCUT2D eigenvalue weighted by Gasteiger charge is 2.20. The van der Waals surface area contributed by atoms with E-state index in [0.717, 1.165) is 32.5 Å². The molecule has 90 valence electrons. The smallest absolute Gasteiger partial charge is 0.216 e. The van der Waals surface area contributed by atoms with Crippen LogP contribution in [0, 0.1) is 17.2 Å². The highest BCUT2D eigenvalue weighted by molar-refractivity contribution is 6.22. The van der Waals surface area contributed by atoms with Gasteiger partial charge in [0.2, 0.25) is 5.91 Å². The van der Waals surface area contributed by atoms with Gasteiger partial charge < -0.3 is 10.2 Å². The summed E-state index contributed by atoms with van der Waals surface area (Å²) in [5, 5.41) is 11.0. The monoisotopic (exact) mass is 243 g/mol. The Morgan fingerprint density at radius 3 is 2.75 bits per heavy atom. The Morgan fingerprint density at radius 2 is 2.25 bits per heavy atom. The molecule has 1 aliphatic heterocycles. The van der Waals surface area contributed by atoms with Crippen LogP contribution >= 0.6 is 11.6 Å². The van der Waals surface area contributed by atoms with E-state index in [1.807, 2.05) is 6.07 Å². The van der Waals surface area contributed by atoms with Crippen molar-refractivity contribution in [2.24, 2.45) is 5.92 Å². The largest absolute Gasteiger partial charge is 0.356 e. The van der Waals surface area contributed by atoms with Gasteiger partial charge in [0, 0.05) is 20.0 Å². The van der Waals surface area contributed by atoms with Gasteiger partial charge in [0.25, 0.3) is 0 Å². The number of piperidine rings is 1. The number of carbonyl (C=O) groups is 1. The third kappa shape index (κ3) is 4.82. The van der Waals surface area contributed by atoms with Crippen molar-refractivity contribution in [3.8, 4) is 6.07 Å². The molecular weight excluding hydrogens is 226 g/mol. The summed E-state index contributed by atoms with van der Waals surface area (Å²) in [5.41, 5.74) is 0.